The molecule has 15 heavy (non-hydrogen) atoms. The largest absolute Gasteiger partial charge is 0.442 e. The van der Waals surface area contributed by atoms with Crippen LogP contribution < -0.4 is 5.32 Å². The first-order chi connectivity index (χ1) is 6.88. The lowest BCUT2D eigenvalue weighted by molar-refractivity contribution is -0.115. The second-order valence-electron chi connectivity index (χ2n) is 2.44. The Morgan fingerprint density at radius 1 is 1.67 bits per heavy atom. The van der Waals surface area contributed by atoms with Gasteiger partial charge in [0.05, 0.1) is 5.25 Å². The van der Waals surface area contributed by atoms with E-state index < -0.39 is 16.7 Å². The Morgan fingerprint density at radius 3 is 2.80 bits per heavy atom. The van der Waals surface area contributed by atoms with Crippen molar-refractivity contribution in [2.75, 3.05) is 5.32 Å². The SMILES string of the molecule is CC(SC(F)(F)F)C(=O)Nc1nncs1. The number of halogens is 3. The van der Waals surface area contributed by atoms with Crippen LogP contribution in [0.25, 0.3) is 0 Å². The molecule has 1 aromatic rings. The topological polar surface area (TPSA) is 54.9 Å². The van der Waals surface area contributed by atoms with Gasteiger partial charge in [-0.15, -0.1) is 10.2 Å². The van der Waals surface area contributed by atoms with E-state index in [0.29, 0.717) is 0 Å². The zero-order chi connectivity index (χ0) is 11.5. The van der Waals surface area contributed by atoms with E-state index in [1.165, 1.54) is 12.4 Å². The maximum atomic E-state index is 11.9. The summed E-state index contributed by atoms with van der Waals surface area (Å²) in [5, 5.41) is 8.12. The molecule has 0 aliphatic carbocycles. The number of hydrogen-bond acceptors (Lipinski definition) is 5. The molecule has 1 rings (SSSR count). The molecule has 0 fully saturated rings. The molecule has 1 heterocycles. The molecule has 9 heteroatoms. The minimum absolute atomic E-state index is 0.189. The highest BCUT2D eigenvalue weighted by Gasteiger charge is 2.34. The fourth-order valence-corrected chi connectivity index (χ4v) is 1.70. The molecule has 0 aromatic carbocycles. The van der Waals surface area contributed by atoms with Crippen molar-refractivity contribution >= 4 is 34.1 Å². The van der Waals surface area contributed by atoms with E-state index in [0.717, 1.165) is 11.3 Å². The van der Waals surface area contributed by atoms with Crippen molar-refractivity contribution in [1.29, 1.82) is 0 Å². The first kappa shape index (κ1) is 12.2. The summed E-state index contributed by atoms with van der Waals surface area (Å²) in [4.78, 5) is 11.2. The molecular formula is C6H6F3N3OS2. The van der Waals surface area contributed by atoms with Crippen molar-refractivity contribution in [3.05, 3.63) is 5.51 Å². The van der Waals surface area contributed by atoms with Crippen LogP contribution in [0.15, 0.2) is 5.51 Å². The monoisotopic (exact) mass is 257 g/mol. The molecule has 0 aliphatic heterocycles. The highest BCUT2D eigenvalue weighted by Crippen LogP contribution is 2.34. The molecule has 0 saturated heterocycles. The van der Waals surface area contributed by atoms with Gasteiger partial charge in [0, 0.05) is 0 Å². The first-order valence-corrected chi connectivity index (χ1v) is 5.46. The minimum atomic E-state index is -4.42. The summed E-state index contributed by atoms with van der Waals surface area (Å²) >= 11 is 0.673. The van der Waals surface area contributed by atoms with Crippen LogP contribution in [0.5, 0.6) is 0 Å². The number of aromatic nitrogens is 2. The van der Waals surface area contributed by atoms with E-state index in [9.17, 15) is 18.0 Å². The standard InChI is InChI=1S/C6H6F3N3OS2/c1-3(15-6(7,8)9)4(13)11-5-12-10-2-14-5/h2-3H,1H3,(H,11,12,13). The van der Waals surface area contributed by atoms with E-state index in [-0.39, 0.29) is 16.9 Å². The molecule has 0 spiro atoms. The lowest BCUT2D eigenvalue weighted by Crippen LogP contribution is -2.25. The van der Waals surface area contributed by atoms with E-state index in [2.05, 4.69) is 15.5 Å². The number of thioether (sulfide) groups is 1. The van der Waals surface area contributed by atoms with Crippen LogP contribution >= 0.6 is 23.1 Å². The van der Waals surface area contributed by atoms with Gasteiger partial charge in [0.25, 0.3) is 0 Å². The number of anilines is 1. The second-order valence-corrected chi connectivity index (χ2v) is 4.68. The highest BCUT2D eigenvalue weighted by molar-refractivity contribution is 8.01. The summed E-state index contributed by atoms with van der Waals surface area (Å²) in [6.45, 7) is 1.18. The maximum absolute atomic E-state index is 11.9. The van der Waals surface area contributed by atoms with Crippen molar-refractivity contribution in [1.82, 2.24) is 10.2 Å². The zero-order valence-corrected chi connectivity index (χ0v) is 9.04. The van der Waals surface area contributed by atoms with Gasteiger partial charge in [-0.1, -0.05) is 11.3 Å². The van der Waals surface area contributed by atoms with Crippen molar-refractivity contribution in [3.63, 3.8) is 0 Å². The van der Waals surface area contributed by atoms with Gasteiger partial charge in [0.15, 0.2) is 0 Å². The average molecular weight is 257 g/mol. The third-order valence-electron chi connectivity index (χ3n) is 1.27. The molecule has 0 bridgehead atoms. The summed E-state index contributed by atoms with van der Waals surface area (Å²) in [5.74, 6) is -0.742. The maximum Gasteiger partial charge on any atom is 0.442 e. The van der Waals surface area contributed by atoms with E-state index in [1.54, 1.807) is 0 Å². The number of carbonyl (C=O) groups is 1. The van der Waals surface area contributed by atoms with Crippen LogP contribution in [0.4, 0.5) is 18.3 Å². The summed E-state index contributed by atoms with van der Waals surface area (Å²) in [6.07, 6.45) is 0. The smallest absolute Gasteiger partial charge is 0.300 e. The van der Waals surface area contributed by atoms with Crippen molar-refractivity contribution in [2.24, 2.45) is 0 Å². The van der Waals surface area contributed by atoms with Crippen LogP contribution in [0.3, 0.4) is 0 Å². The van der Waals surface area contributed by atoms with Crippen LogP contribution in [0, 0.1) is 0 Å². The molecule has 1 atom stereocenters. The fraction of sp³-hybridized carbons (Fsp3) is 0.500. The van der Waals surface area contributed by atoms with Gasteiger partial charge in [0.1, 0.15) is 5.51 Å². The third-order valence-corrected chi connectivity index (χ3v) is 2.71. The Bertz CT molecular complexity index is 327. The van der Waals surface area contributed by atoms with Gasteiger partial charge in [-0.2, -0.15) is 13.2 Å². The number of carbonyl (C=O) groups excluding carboxylic acids is 1. The molecule has 1 N–H and O–H groups in total. The molecule has 0 radical (unpaired) electrons. The molecule has 84 valence electrons. The minimum Gasteiger partial charge on any atom is -0.300 e. The molecular weight excluding hydrogens is 251 g/mol. The van der Waals surface area contributed by atoms with Crippen molar-refractivity contribution in [3.8, 4) is 0 Å². The van der Waals surface area contributed by atoms with Gasteiger partial charge >= 0.3 is 5.51 Å². The average Bonchev–Trinajstić information content (AvgIpc) is 2.53. The predicted octanol–water partition coefficient (Wildman–Crippen LogP) is 2.12. The Labute approximate surface area is 91.3 Å². The zero-order valence-electron chi connectivity index (χ0n) is 7.41. The first-order valence-electron chi connectivity index (χ1n) is 3.70. The van der Waals surface area contributed by atoms with E-state index >= 15 is 0 Å². The number of hydrogen-bond donors (Lipinski definition) is 1. The lowest BCUT2D eigenvalue weighted by atomic mass is 10.4. The summed E-state index contributed by atoms with van der Waals surface area (Å²) in [5.41, 5.74) is -3.05. The van der Waals surface area contributed by atoms with Crippen LogP contribution in [-0.2, 0) is 4.79 Å². The molecule has 0 saturated carbocycles. The molecule has 0 aliphatic rings. The highest BCUT2D eigenvalue weighted by atomic mass is 32.2. The van der Waals surface area contributed by atoms with Crippen molar-refractivity contribution < 1.29 is 18.0 Å². The van der Waals surface area contributed by atoms with Crippen LogP contribution in [-0.4, -0.2) is 26.9 Å². The lowest BCUT2D eigenvalue weighted by Gasteiger charge is -2.11. The van der Waals surface area contributed by atoms with Gasteiger partial charge in [-0.25, -0.2) is 0 Å². The van der Waals surface area contributed by atoms with Crippen LogP contribution in [0.2, 0.25) is 0 Å². The number of amides is 1. The van der Waals surface area contributed by atoms with E-state index in [1.807, 2.05) is 0 Å². The van der Waals surface area contributed by atoms with Gasteiger partial charge < -0.3 is 0 Å². The number of rotatable bonds is 3. The second kappa shape index (κ2) is 4.79. The van der Waals surface area contributed by atoms with Crippen molar-refractivity contribution in [2.45, 2.75) is 17.7 Å². The third kappa shape index (κ3) is 4.47. The Kier molecular flexibility index (Phi) is 3.91. The molecule has 4 nitrogen and oxygen atoms in total. The normalized spacial score (nSPS) is 13.6. The number of nitrogens with one attached hydrogen (secondary N) is 1. The summed E-state index contributed by atoms with van der Waals surface area (Å²) < 4.78 is 35.7. The predicted molar refractivity (Wildman–Crippen MR) is 51.6 cm³/mol. The summed E-state index contributed by atoms with van der Waals surface area (Å²) in [6, 6.07) is 0. The van der Waals surface area contributed by atoms with Gasteiger partial charge in [-0.3, -0.25) is 10.1 Å². The molecule has 1 aromatic heterocycles. The quantitative estimate of drug-likeness (QED) is 0.901. The Morgan fingerprint density at radius 2 is 2.33 bits per heavy atom. The van der Waals surface area contributed by atoms with E-state index in [4.69, 9.17) is 0 Å². The van der Waals surface area contributed by atoms with Crippen LogP contribution in [0.1, 0.15) is 6.92 Å². The Hall–Kier alpha value is -0.830. The fourth-order valence-electron chi connectivity index (χ4n) is 0.689. The summed E-state index contributed by atoms with van der Waals surface area (Å²) in [7, 11) is 0. The number of nitrogens with zero attached hydrogens (tertiary/aromatic N) is 2. The van der Waals surface area contributed by atoms with Gasteiger partial charge in [0.2, 0.25) is 11.0 Å². The Balaban J connectivity index is 2.47. The molecule has 1 unspecified atom stereocenters. The number of alkyl halides is 3. The van der Waals surface area contributed by atoms with Gasteiger partial charge in [-0.05, 0) is 18.7 Å². The molecule has 1 amide bonds.